The van der Waals surface area contributed by atoms with Crippen molar-refractivity contribution in [3.63, 3.8) is 0 Å². The maximum Gasteiger partial charge on any atom is 0.319 e. The molecule has 4 heteroatoms. The van der Waals surface area contributed by atoms with Gasteiger partial charge in [-0.25, -0.2) is 4.79 Å². The minimum absolute atomic E-state index is 0.124. The van der Waals surface area contributed by atoms with Gasteiger partial charge in [0.2, 0.25) is 0 Å². The molecule has 0 heterocycles. The Labute approximate surface area is 107 Å². The third-order valence-electron chi connectivity index (χ3n) is 2.34. The molecule has 3 nitrogen and oxygen atoms in total. The van der Waals surface area contributed by atoms with Crippen LogP contribution in [-0.4, -0.2) is 24.6 Å². The number of unbranched alkanes of at least 4 members (excludes halogenated alkanes) is 2. The Morgan fingerprint density at radius 3 is 2.65 bits per heavy atom. The molecule has 0 radical (unpaired) electrons. The fourth-order valence-corrected chi connectivity index (χ4v) is 1.94. The molecule has 17 heavy (non-hydrogen) atoms. The van der Waals surface area contributed by atoms with E-state index in [1.807, 2.05) is 42.1 Å². The summed E-state index contributed by atoms with van der Waals surface area (Å²) >= 11 is 1.87. The number of rotatable bonds is 7. The maximum absolute atomic E-state index is 11.5. The lowest BCUT2D eigenvalue weighted by Crippen LogP contribution is -2.29. The van der Waals surface area contributed by atoms with Crippen LogP contribution in [-0.2, 0) is 0 Å². The van der Waals surface area contributed by atoms with Crippen molar-refractivity contribution in [3.05, 3.63) is 30.3 Å². The second-order valence-electron chi connectivity index (χ2n) is 3.80. The summed E-state index contributed by atoms with van der Waals surface area (Å²) in [4.78, 5) is 11.5. The molecule has 0 saturated carbocycles. The quantitative estimate of drug-likeness (QED) is 0.731. The monoisotopic (exact) mass is 252 g/mol. The topological polar surface area (TPSA) is 41.1 Å². The van der Waals surface area contributed by atoms with Crippen LogP contribution in [0.1, 0.15) is 19.3 Å². The number of benzene rings is 1. The van der Waals surface area contributed by atoms with Crippen LogP contribution in [0, 0.1) is 0 Å². The molecule has 0 aliphatic heterocycles. The highest BCUT2D eigenvalue weighted by Gasteiger charge is 1.99. The summed E-state index contributed by atoms with van der Waals surface area (Å²) in [6.07, 6.45) is 5.56. The molecule has 0 unspecified atom stereocenters. The van der Waals surface area contributed by atoms with Gasteiger partial charge in [-0.05, 0) is 37.0 Å². The Balaban J connectivity index is 2.06. The van der Waals surface area contributed by atoms with E-state index >= 15 is 0 Å². The summed E-state index contributed by atoms with van der Waals surface area (Å²) in [6, 6.07) is 9.35. The van der Waals surface area contributed by atoms with E-state index in [2.05, 4.69) is 16.9 Å². The van der Waals surface area contributed by atoms with E-state index in [0.717, 1.165) is 18.7 Å². The van der Waals surface area contributed by atoms with E-state index in [1.54, 1.807) is 0 Å². The summed E-state index contributed by atoms with van der Waals surface area (Å²) in [7, 11) is 0. The molecule has 0 atom stereocenters. The van der Waals surface area contributed by atoms with E-state index in [4.69, 9.17) is 0 Å². The first-order chi connectivity index (χ1) is 8.33. The van der Waals surface area contributed by atoms with Gasteiger partial charge < -0.3 is 10.6 Å². The largest absolute Gasteiger partial charge is 0.338 e. The molecule has 0 aliphatic rings. The van der Waals surface area contributed by atoms with Crippen molar-refractivity contribution in [3.8, 4) is 0 Å². The first-order valence-electron chi connectivity index (χ1n) is 5.92. The zero-order chi connectivity index (χ0) is 12.3. The molecule has 0 bridgehead atoms. The fraction of sp³-hybridized carbons (Fsp3) is 0.462. The molecular weight excluding hydrogens is 232 g/mol. The van der Waals surface area contributed by atoms with Crippen LogP contribution in [0.5, 0.6) is 0 Å². The minimum atomic E-state index is -0.124. The smallest absolute Gasteiger partial charge is 0.319 e. The number of hydrogen-bond acceptors (Lipinski definition) is 2. The molecule has 1 aromatic rings. The number of hydrogen-bond donors (Lipinski definition) is 2. The third kappa shape index (κ3) is 6.89. The van der Waals surface area contributed by atoms with Crippen molar-refractivity contribution >= 4 is 23.5 Å². The second kappa shape index (κ2) is 8.93. The van der Waals surface area contributed by atoms with Gasteiger partial charge in [0, 0.05) is 12.2 Å². The normalized spacial score (nSPS) is 9.94. The van der Waals surface area contributed by atoms with Crippen molar-refractivity contribution in [1.29, 1.82) is 0 Å². The van der Waals surface area contributed by atoms with Crippen molar-refractivity contribution < 1.29 is 4.79 Å². The maximum atomic E-state index is 11.5. The Morgan fingerprint density at radius 2 is 1.94 bits per heavy atom. The summed E-state index contributed by atoms with van der Waals surface area (Å²) in [5, 5.41) is 5.64. The highest BCUT2D eigenvalue weighted by atomic mass is 32.2. The number of carbonyl (C=O) groups is 1. The van der Waals surface area contributed by atoms with Crippen LogP contribution in [0.2, 0.25) is 0 Å². The SMILES string of the molecule is CSCCCCCNC(=O)Nc1ccccc1. The fourth-order valence-electron chi connectivity index (χ4n) is 1.45. The van der Waals surface area contributed by atoms with Crippen LogP contribution in [0.4, 0.5) is 10.5 Å². The number of nitrogens with one attached hydrogen (secondary N) is 2. The highest BCUT2D eigenvalue weighted by molar-refractivity contribution is 7.98. The van der Waals surface area contributed by atoms with Gasteiger partial charge in [0.1, 0.15) is 0 Å². The summed E-state index contributed by atoms with van der Waals surface area (Å²) in [5.41, 5.74) is 0.826. The molecular formula is C13H20N2OS. The van der Waals surface area contributed by atoms with Crippen LogP contribution in [0.25, 0.3) is 0 Å². The predicted octanol–water partition coefficient (Wildman–Crippen LogP) is 3.34. The van der Waals surface area contributed by atoms with Crippen LogP contribution in [0.15, 0.2) is 30.3 Å². The molecule has 0 aliphatic carbocycles. The van der Waals surface area contributed by atoms with Gasteiger partial charge in [0.05, 0.1) is 0 Å². The van der Waals surface area contributed by atoms with E-state index in [-0.39, 0.29) is 6.03 Å². The van der Waals surface area contributed by atoms with Crippen LogP contribution >= 0.6 is 11.8 Å². The number of para-hydroxylation sites is 1. The average molecular weight is 252 g/mol. The number of thioether (sulfide) groups is 1. The van der Waals surface area contributed by atoms with Crippen molar-refractivity contribution in [2.24, 2.45) is 0 Å². The Bertz CT molecular complexity index is 316. The van der Waals surface area contributed by atoms with Gasteiger partial charge in [-0.15, -0.1) is 0 Å². The molecule has 2 N–H and O–H groups in total. The number of urea groups is 1. The molecule has 0 saturated heterocycles. The van der Waals surface area contributed by atoms with Crippen molar-refractivity contribution in [2.75, 3.05) is 23.9 Å². The molecule has 2 amide bonds. The Hall–Kier alpha value is -1.16. The number of anilines is 1. The van der Waals surface area contributed by atoms with Crippen LogP contribution in [0.3, 0.4) is 0 Å². The van der Waals surface area contributed by atoms with Gasteiger partial charge in [0.15, 0.2) is 0 Å². The molecule has 0 fully saturated rings. The zero-order valence-electron chi connectivity index (χ0n) is 10.2. The molecule has 0 aromatic heterocycles. The molecule has 0 spiro atoms. The van der Waals surface area contributed by atoms with E-state index in [9.17, 15) is 4.79 Å². The van der Waals surface area contributed by atoms with E-state index < -0.39 is 0 Å². The van der Waals surface area contributed by atoms with Gasteiger partial charge in [-0.3, -0.25) is 0 Å². The standard InChI is InChI=1S/C13H20N2OS/c1-17-11-7-3-6-10-14-13(16)15-12-8-4-2-5-9-12/h2,4-5,8-9H,3,6-7,10-11H2,1H3,(H2,14,15,16). The lowest BCUT2D eigenvalue weighted by Gasteiger charge is -2.07. The summed E-state index contributed by atoms with van der Waals surface area (Å²) in [5.74, 6) is 1.20. The second-order valence-corrected chi connectivity index (χ2v) is 4.79. The Morgan fingerprint density at radius 1 is 1.18 bits per heavy atom. The van der Waals surface area contributed by atoms with Crippen molar-refractivity contribution in [2.45, 2.75) is 19.3 Å². The van der Waals surface area contributed by atoms with E-state index in [0.29, 0.717) is 0 Å². The lowest BCUT2D eigenvalue weighted by atomic mass is 10.2. The van der Waals surface area contributed by atoms with E-state index in [1.165, 1.54) is 18.6 Å². The summed E-state index contributed by atoms with van der Waals surface area (Å²) < 4.78 is 0. The van der Waals surface area contributed by atoms with Gasteiger partial charge in [0.25, 0.3) is 0 Å². The number of amides is 2. The van der Waals surface area contributed by atoms with Crippen molar-refractivity contribution in [1.82, 2.24) is 5.32 Å². The average Bonchev–Trinajstić information content (AvgIpc) is 2.35. The lowest BCUT2D eigenvalue weighted by molar-refractivity contribution is 0.252. The van der Waals surface area contributed by atoms with Gasteiger partial charge in [-0.1, -0.05) is 24.6 Å². The summed E-state index contributed by atoms with van der Waals surface area (Å²) in [6.45, 7) is 0.743. The Kier molecular flexibility index (Phi) is 7.30. The minimum Gasteiger partial charge on any atom is -0.338 e. The van der Waals surface area contributed by atoms with Crippen LogP contribution < -0.4 is 10.6 Å². The highest BCUT2D eigenvalue weighted by Crippen LogP contribution is 2.04. The third-order valence-corrected chi connectivity index (χ3v) is 3.04. The first kappa shape index (κ1) is 13.9. The molecule has 1 rings (SSSR count). The first-order valence-corrected chi connectivity index (χ1v) is 7.31. The van der Waals surface area contributed by atoms with Gasteiger partial charge in [-0.2, -0.15) is 11.8 Å². The van der Waals surface area contributed by atoms with Gasteiger partial charge >= 0.3 is 6.03 Å². The molecule has 94 valence electrons. The molecule has 1 aromatic carbocycles. The zero-order valence-corrected chi connectivity index (χ0v) is 11.1. The predicted molar refractivity (Wildman–Crippen MR) is 75.7 cm³/mol. The number of carbonyl (C=O) groups excluding carboxylic acids is 1.